The number of ether oxygens (including phenoxy) is 3. The number of esters is 1. The number of nitrogens with one attached hydrogen (secondary N) is 1. The predicted molar refractivity (Wildman–Crippen MR) is 106 cm³/mol. The van der Waals surface area contributed by atoms with E-state index in [9.17, 15) is 9.59 Å². The van der Waals surface area contributed by atoms with Crippen molar-refractivity contribution in [2.24, 2.45) is 5.92 Å². The van der Waals surface area contributed by atoms with Crippen molar-refractivity contribution in [3.8, 4) is 11.5 Å². The van der Waals surface area contributed by atoms with E-state index >= 15 is 0 Å². The van der Waals surface area contributed by atoms with Crippen molar-refractivity contribution < 1.29 is 23.8 Å². The Morgan fingerprint density at radius 1 is 1.19 bits per heavy atom. The van der Waals surface area contributed by atoms with Crippen LogP contribution < -0.4 is 14.8 Å². The van der Waals surface area contributed by atoms with E-state index in [1.165, 1.54) is 19.3 Å². The standard InChI is InChI=1S/C20H28ClNO5/c1-12(2)14(5)22-18(23)11-26-19(24)8-7-15-9-16(21)20(27-13(3)4)17(10-15)25-6/h7-10,12-14H,11H2,1-6H3,(H,22,23)/b8-7+/t14-/m1/s1. The molecule has 0 bridgehead atoms. The number of halogens is 1. The quantitative estimate of drug-likeness (QED) is 0.506. The number of hydrogen-bond donors (Lipinski definition) is 1. The highest BCUT2D eigenvalue weighted by Gasteiger charge is 2.14. The Hall–Kier alpha value is -2.21. The summed E-state index contributed by atoms with van der Waals surface area (Å²) < 4.78 is 15.9. The highest BCUT2D eigenvalue weighted by Crippen LogP contribution is 2.37. The molecule has 1 amide bonds. The molecule has 6 nitrogen and oxygen atoms in total. The van der Waals surface area contributed by atoms with Crippen molar-refractivity contribution in [2.45, 2.75) is 46.8 Å². The molecule has 7 heteroatoms. The first kappa shape index (κ1) is 22.8. The Balaban J connectivity index is 2.69. The van der Waals surface area contributed by atoms with Crippen molar-refractivity contribution in [3.63, 3.8) is 0 Å². The molecule has 0 aromatic heterocycles. The fourth-order valence-electron chi connectivity index (χ4n) is 2.00. The summed E-state index contributed by atoms with van der Waals surface area (Å²) in [7, 11) is 1.51. The van der Waals surface area contributed by atoms with Crippen LogP contribution in [0.4, 0.5) is 0 Å². The third kappa shape index (κ3) is 7.91. The van der Waals surface area contributed by atoms with Crippen molar-refractivity contribution in [2.75, 3.05) is 13.7 Å². The second kappa shape index (κ2) is 10.8. The third-order valence-electron chi connectivity index (χ3n) is 3.75. The van der Waals surface area contributed by atoms with Crippen LogP contribution in [0, 0.1) is 5.92 Å². The van der Waals surface area contributed by atoms with Crippen molar-refractivity contribution >= 4 is 29.6 Å². The molecule has 1 N–H and O–H groups in total. The number of benzene rings is 1. The smallest absolute Gasteiger partial charge is 0.331 e. The lowest BCUT2D eigenvalue weighted by Crippen LogP contribution is -2.38. The van der Waals surface area contributed by atoms with Gasteiger partial charge in [0.2, 0.25) is 0 Å². The summed E-state index contributed by atoms with van der Waals surface area (Å²) in [6, 6.07) is 3.36. The van der Waals surface area contributed by atoms with Crippen LogP contribution in [-0.2, 0) is 14.3 Å². The molecule has 0 saturated carbocycles. The summed E-state index contributed by atoms with van der Waals surface area (Å²) in [5.74, 6) is 0.251. The van der Waals surface area contributed by atoms with Gasteiger partial charge in [-0.1, -0.05) is 25.4 Å². The molecular weight excluding hydrogens is 370 g/mol. The lowest BCUT2D eigenvalue weighted by Gasteiger charge is -2.17. The minimum Gasteiger partial charge on any atom is -0.493 e. The zero-order valence-electron chi connectivity index (χ0n) is 16.7. The summed E-state index contributed by atoms with van der Waals surface area (Å²) >= 11 is 6.24. The molecule has 0 aliphatic heterocycles. The monoisotopic (exact) mass is 397 g/mol. The molecule has 0 aliphatic rings. The van der Waals surface area contributed by atoms with Crippen LogP contribution in [0.3, 0.4) is 0 Å². The second-order valence-corrected chi connectivity index (χ2v) is 7.15. The fourth-order valence-corrected chi connectivity index (χ4v) is 2.26. The molecule has 1 atom stereocenters. The van der Waals surface area contributed by atoms with E-state index in [1.807, 2.05) is 34.6 Å². The largest absolute Gasteiger partial charge is 0.493 e. The normalized spacial score (nSPS) is 12.3. The van der Waals surface area contributed by atoms with E-state index in [4.69, 9.17) is 25.8 Å². The zero-order chi connectivity index (χ0) is 20.6. The molecule has 1 aromatic rings. The topological polar surface area (TPSA) is 73.9 Å². The molecule has 27 heavy (non-hydrogen) atoms. The maximum Gasteiger partial charge on any atom is 0.331 e. The fraction of sp³-hybridized carbons (Fsp3) is 0.500. The van der Waals surface area contributed by atoms with Crippen LogP contribution in [0.5, 0.6) is 11.5 Å². The van der Waals surface area contributed by atoms with Gasteiger partial charge in [-0.3, -0.25) is 4.79 Å². The minimum atomic E-state index is -0.625. The van der Waals surface area contributed by atoms with E-state index in [0.717, 1.165) is 0 Å². The molecule has 0 spiro atoms. The average molecular weight is 398 g/mol. The molecule has 0 aliphatic carbocycles. The molecule has 0 unspecified atom stereocenters. The van der Waals surface area contributed by atoms with E-state index in [-0.39, 0.29) is 24.7 Å². The summed E-state index contributed by atoms with van der Waals surface area (Å²) in [6.07, 6.45) is 2.70. The van der Waals surface area contributed by atoms with Crippen molar-refractivity contribution in [3.05, 3.63) is 28.8 Å². The van der Waals surface area contributed by atoms with Gasteiger partial charge in [-0.25, -0.2) is 4.79 Å². The Morgan fingerprint density at radius 3 is 2.41 bits per heavy atom. The van der Waals surface area contributed by atoms with Gasteiger partial charge in [0, 0.05) is 12.1 Å². The van der Waals surface area contributed by atoms with E-state index in [1.54, 1.807) is 12.1 Å². The predicted octanol–water partition coefficient (Wildman–Crippen LogP) is 3.85. The first-order valence-electron chi connectivity index (χ1n) is 8.82. The van der Waals surface area contributed by atoms with Crippen LogP contribution in [0.1, 0.15) is 40.2 Å². The molecule has 1 aromatic carbocycles. The summed E-state index contributed by atoms with van der Waals surface area (Å²) in [4.78, 5) is 23.5. The SMILES string of the molecule is COc1cc(/C=C/C(=O)OCC(=O)N[C@H](C)C(C)C)cc(Cl)c1OC(C)C. The second-order valence-electron chi connectivity index (χ2n) is 6.74. The van der Waals surface area contributed by atoms with Crippen LogP contribution in [0.25, 0.3) is 6.08 Å². The molecule has 150 valence electrons. The number of amides is 1. The maximum absolute atomic E-state index is 11.8. The number of carbonyl (C=O) groups is 2. The average Bonchev–Trinajstić information content (AvgIpc) is 2.59. The van der Waals surface area contributed by atoms with E-state index in [0.29, 0.717) is 28.0 Å². The van der Waals surface area contributed by atoms with Crippen LogP contribution in [0.2, 0.25) is 5.02 Å². The highest BCUT2D eigenvalue weighted by atomic mass is 35.5. The first-order chi connectivity index (χ1) is 12.6. The van der Waals surface area contributed by atoms with Crippen LogP contribution >= 0.6 is 11.6 Å². The van der Waals surface area contributed by atoms with Crippen LogP contribution in [-0.4, -0.2) is 37.7 Å². The van der Waals surface area contributed by atoms with Gasteiger partial charge >= 0.3 is 5.97 Å². The number of hydrogen-bond acceptors (Lipinski definition) is 5. The minimum absolute atomic E-state index is 0.00734. The molecule has 0 radical (unpaired) electrons. The Kier molecular flexibility index (Phi) is 9.15. The zero-order valence-corrected chi connectivity index (χ0v) is 17.4. The van der Waals surface area contributed by atoms with Gasteiger partial charge in [0.15, 0.2) is 18.1 Å². The maximum atomic E-state index is 11.8. The van der Waals surface area contributed by atoms with Crippen molar-refractivity contribution in [1.29, 1.82) is 0 Å². The van der Waals surface area contributed by atoms with Crippen molar-refractivity contribution in [1.82, 2.24) is 5.32 Å². The van der Waals surface area contributed by atoms with Crippen LogP contribution in [0.15, 0.2) is 18.2 Å². The Morgan fingerprint density at radius 2 is 1.85 bits per heavy atom. The highest BCUT2D eigenvalue weighted by molar-refractivity contribution is 6.32. The van der Waals surface area contributed by atoms with E-state index < -0.39 is 5.97 Å². The first-order valence-corrected chi connectivity index (χ1v) is 9.20. The molecule has 1 rings (SSSR count). The molecule has 0 heterocycles. The Bertz CT molecular complexity index is 685. The Labute approximate surface area is 165 Å². The number of carbonyl (C=O) groups excluding carboxylic acids is 2. The number of rotatable bonds is 9. The van der Waals surface area contributed by atoms with Gasteiger partial charge in [-0.05, 0) is 50.5 Å². The molecule has 0 fully saturated rings. The van der Waals surface area contributed by atoms with Gasteiger partial charge in [0.25, 0.3) is 5.91 Å². The van der Waals surface area contributed by atoms with E-state index in [2.05, 4.69) is 5.32 Å². The summed E-state index contributed by atoms with van der Waals surface area (Å²) in [5, 5.41) is 3.14. The lowest BCUT2D eigenvalue weighted by molar-refractivity contribution is -0.144. The lowest BCUT2D eigenvalue weighted by atomic mass is 10.1. The molecular formula is C20H28ClNO5. The summed E-state index contributed by atoms with van der Waals surface area (Å²) in [5.41, 5.74) is 0.641. The van der Waals surface area contributed by atoms with Gasteiger partial charge in [0.05, 0.1) is 18.2 Å². The van der Waals surface area contributed by atoms with Gasteiger partial charge < -0.3 is 19.5 Å². The third-order valence-corrected chi connectivity index (χ3v) is 4.03. The molecule has 0 saturated heterocycles. The summed E-state index contributed by atoms with van der Waals surface area (Å²) in [6.45, 7) is 9.34. The number of methoxy groups -OCH3 is 1. The van der Waals surface area contributed by atoms with Gasteiger partial charge in [0.1, 0.15) is 0 Å². The van der Waals surface area contributed by atoms with Gasteiger partial charge in [-0.15, -0.1) is 0 Å². The van der Waals surface area contributed by atoms with Gasteiger partial charge in [-0.2, -0.15) is 0 Å².